The zero-order chi connectivity index (χ0) is 24.3. The number of aliphatic hydroxyl groups is 2. The maximum absolute atomic E-state index is 12.5. The lowest BCUT2D eigenvalue weighted by molar-refractivity contribution is -0.655. The highest BCUT2D eigenvalue weighted by atomic mass is 32.2. The first-order valence-electron chi connectivity index (χ1n) is 11.1. The molecule has 7 nitrogen and oxygen atoms in total. The standard InChI is InChI=1S/C25H29N3O4S2/c1-19(31)33-17-12-26-24(32)18-28-22-4-2-3-5-23(22)34-25(28)11-8-20-6-9-21(10-7-20)27(13-15-29)14-16-30/h2-11,29-30H,12-18H2,1H3/p+1. The van der Waals surface area contributed by atoms with Gasteiger partial charge in [-0.15, -0.1) is 0 Å². The van der Waals surface area contributed by atoms with Gasteiger partial charge in [-0.1, -0.05) is 47.4 Å². The van der Waals surface area contributed by atoms with Crippen LogP contribution in [0.2, 0.25) is 0 Å². The monoisotopic (exact) mass is 500 g/mol. The second-order valence-corrected chi connectivity index (χ2v) is 9.88. The summed E-state index contributed by atoms with van der Waals surface area (Å²) in [7, 11) is 0. The van der Waals surface area contributed by atoms with Gasteiger partial charge in [0.1, 0.15) is 4.70 Å². The van der Waals surface area contributed by atoms with Gasteiger partial charge in [-0.25, -0.2) is 0 Å². The van der Waals surface area contributed by atoms with Gasteiger partial charge in [-0.3, -0.25) is 9.59 Å². The van der Waals surface area contributed by atoms with Crippen LogP contribution in [0.3, 0.4) is 0 Å². The number of benzene rings is 2. The largest absolute Gasteiger partial charge is 0.395 e. The molecule has 1 amide bonds. The second kappa shape index (κ2) is 13.2. The Bertz CT molecular complexity index is 1120. The van der Waals surface area contributed by atoms with Gasteiger partial charge in [0.05, 0.1) is 13.2 Å². The first-order chi connectivity index (χ1) is 16.5. The van der Waals surface area contributed by atoms with E-state index in [2.05, 4.69) is 5.32 Å². The van der Waals surface area contributed by atoms with Crippen molar-refractivity contribution in [2.24, 2.45) is 0 Å². The second-order valence-electron chi connectivity index (χ2n) is 7.54. The molecule has 0 aliphatic heterocycles. The zero-order valence-corrected chi connectivity index (χ0v) is 20.8. The van der Waals surface area contributed by atoms with Crippen molar-refractivity contribution in [3.05, 3.63) is 59.1 Å². The summed E-state index contributed by atoms with van der Waals surface area (Å²) in [5.74, 6) is 0.469. The van der Waals surface area contributed by atoms with Gasteiger partial charge < -0.3 is 20.4 Å². The fraction of sp³-hybridized carbons (Fsp3) is 0.320. The van der Waals surface area contributed by atoms with Crippen molar-refractivity contribution < 1.29 is 24.4 Å². The predicted octanol–water partition coefficient (Wildman–Crippen LogP) is 2.55. The van der Waals surface area contributed by atoms with Crippen molar-refractivity contribution in [2.45, 2.75) is 13.5 Å². The van der Waals surface area contributed by atoms with Crippen LogP contribution >= 0.6 is 23.1 Å². The van der Waals surface area contributed by atoms with E-state index in [0.717, 1.165) is 26.5 Å². The molecule has 0 radical (unpaired) electrons. The van der Waals surface area contributed by atoms with E-state index < -0.39 is 0 Å². The Kier molecular flexibility index (Phi) is 10.1. The number of amides is 1. The zero-order valence-electron chi connectivity index (χ0n) is 19.1. The quantitative estimate of drug-likeness (QED) is 0.261. The molecule has 0 unspecified atom stereocenters. The fourth-order valence-electron chi connectivity index (χ4n) is 3.50. The van der Waals surface area contributed by atoms with Gasteiger partial charge in [0.2, 0.25) is 12.1 Å². The average Bonchev–Trinajstić information content (AvgIpc) is 3.18. The molecule has 1 aromatic heterocycles. The molecule has 180 valence electrons. The van der Waals surface area contributed by atoms with E-state index in [4.69, 9.17) is 0 Å². The molecule has 34 heavy (non-hydrogen) atoms. The molecule has 3 aromatic rings. The summed E-state index contributed by atoms with van der Waals surface area (Å²) < 4.78 is 3.10. The molecule has 0 fully saturated rings. The molecule has 9 heteroatoms. The number of fused-ring (bicyclic) bond motifs is 1. The van der Waals surface area contributed by atoms with Crippen LogP contribution in [0.1, 0.15) is 17.5 Å². The summed E-state index contributed by atoms with van der Waals surface area (Å²) in [6.07, 6.45) is 4.02. The fourth-order valence-corrected chi connectivity index (χ4v) is 5.06. The Morgan fingerprint density at radius 3 is 2.44 bits per heavy atom. The number of thiazole rings is 1. The number of nitrogens with zero attached hydrogens (tertiary/aromatic N) is 2. The van der Waals surface area contributed by atoms with Gasteiger partial charge in [0, 0.05) is 50.1 Å². The Balaban J connectivity index is 1.75. The van der Waals surface area contributed by atoms with E-state index >= 15 is 0 Å². The Hall–Kier alpha value is -2.72. The molecule has 0 saturated carbocycles. The molecule has 0 saturated heterocycles. The van der Waals surface area contributed by atoms with Crippen LogP contribution in [0.4, 0.5) is 5.69 Å². The Labute approximate surface area is 207 Å². The van der Waals surface area contributed by atoms with Gasteiger partial charge in [-0.05, 0) is 29.8 Å². The van der Waals surface area contributed by atoms with Gasteiger partial charge >= 0.3 is 0 Å². The number of carbonyl (C=O) groups excluding carboxylic acids is 2. The molecule has 0 atom stereocenters. The highest BCUT2D eigenvalue weighted by Gasteiger charge is 2.21. The lowest BCUT2D eigenvalue weighted by atomic mass is 10.2. The molecule has 1 heterocycles. The molecule has 3 N–H and O–H groups in total. The first kappa shape index (κ1) is 25.9. The van der Waals surface area contributed by atoms with Crippen molar-refractivity contribution in [1.82, 2.24) is 5.32 Å². The van der Waals surface area contributed by atoms with Crippen molar-refractivity contribution in [2.75, 3.05) is 43.5 Å². The smallest absolute Gasteiger partial charge is 0.286 e. The minimum Gasteiger partial charge on any atom is -0.395 e. The summed E-state index contributed by atoms with van der Waals surface area (Å²) in [6, 6.07) is 15.9. The highest BCUT2D eigenvalue weighted by molar-refractivity contribution is 8.13. The van der Waals surface area contributed by atoms with Crippen LogP contribution in [0.25, 0.3) is 22.4 Å². The van der Waals surface area contributed by atoms with Crippen molar-refractivity contribution in [1.29, 1.82) is 0 Å². The summed E-state index contributed by atoms with van der Waals surface area (Å²) >= 11 is 2.83. The average molecular weight is 501 g/mol. The van der Waals surface area contributed by atoms with Crippen molar-refractivity contribution >= 4 is 62.2 Å². The van der Waals surface area contributed by atoms with Gasteiger partial charge in [0.25, 0.3) is 10.9 Å². The first-order valence-corrected chi connectivity index (χ1v) is 12.9. The number of rotatable bonds is 12. The maximum Gasteiger partial charge on any atom is 0.286 e. The molecule has 0 aliphatic rings. The van der Waals surface area contributed by atoms with Crippen LogP contribution in [0.15, 0.2) is 48.5 Å². The van der Waals surface area contributed by atoms with Crippen LogP contribution < -0.4 is 14.8 Å². The van der Waals surface area contributed by atoms with Crippen LogP contribution in [0.5, 0.6) is 0 Å². The number of hydrogen-bond acceptors (Lipinski definition) is 7. The Morgan fingerprint density at radius 2 is 1.76 bits per heavy atom. The van der Waals surface area contributed by atoms with E-state index in [9.17, 15) is 19.8 Å². The molecule has 3 rings (SSSR count). The third-order valence-corrected chi connectivity index (χ3v) is 7.03. The molecular formula is C25H30N3O4S2+. The lowest BCUT2D eigenvalue weighted by Crippen LogP contribution is -2.44. The summed E-state index contributed by atoms with van der Waals surface area (Å²) in [6.45, 7) is 3.15. The SMILES string of the molecule is CC(=O)SCCNC(=O)C[n+]1c(/C=C/c2ccc(N(CCO)CCO)cc2)sc2ccccc21. The predicted molar refractivity (Wildman–Crippen MR) is 140 cm³/mol. The number of anilines is 1. The Morgan fingerprint density at radius 1 is 1.06 bits per heavy atom. The number of aromatic nitrogens is 1. The highest BCUT2D eigenvalue weighted by Crippen LogP contribution is 2.22. The number of carbonyl (C=O) groups is 2. The van der Waals surface area contributed by atoms with Crippen LogP contribution in [-0.4, -0.2) is 59.8 Å². The van der Waals surface area contributed by atoms with E-state index in [1.165, 1.54) is 18.7 Å². The number of para-hydroxylation sites is 1. The van der Waals surface area contributed by atoms with Crippen molar-refractivity contribution in [3.8, 4) is 0 Å². The van der Waals surface area contributed by atoms with Crippen LogP contribution in [-0.2, 0) is 16.1 Å². The van der Waals surface area contributed by atoms with E-state index in [1.54, 1.807) is 11.3 Å². The molecular weight excluding hydrogens is 470 g/mol. The third kappa shape index (κ3) is 7.39. The van der Waals surface area contributed by atoms with Crippen molar-refractivity contribution in [3.63, 3.8) is 0 Å². The van der Waals surface area contributed by atoms with E-state index in [-0.39, 0.29) is 30.8 Å². The van der Waals surface area contributed by atoms with E-state index in [0.29, 0.717) is 25.4 Å². The molecule has 2 aromatic carbocycles. The number of nitrogens with one attached hydrogen (secondary N) is 1. The number of aliphatic hydroxyl groups excluding tert-OH is 2. The summed E-state index contributed by atoms with van der Waals surface area (Å²) in [5, 5.41) is 22.4. The molecule has 0 aliphatic carbocycles. The normalized spacial score (nSPS) is 11.3. The molecule has 0 spiro atoms. The summed E-state index contributed by atoms with van der Waals surface area (Å²) in [5.41, 5.74) is 2.95. The van der Waals surface area contributed by atoms with Gasteiger partial charge in [0.15, 0.2) is 5.12 Å². The minimum atomic E-state index is -0.0930. The van der Waals surface area contributed by atoms with E-state index in [1.807, 2.05) is 70.1 Å². The topological polar surface area (TPSA) is 93.8 Å². The number of thioether (sulfide) groups is 1. The van der Waals surface area contributed by atoms with Gasteiger partial charge in [-0.2, -0.15) is 4.57 Å². The van der Waals surface area contributed by atoms with Crippen LogP contribution in [0, 0.1) is 0 Å². The minimum absolute atomic E-state index is 0.0245. The molecule has 0 bridgehead atoms. The maximum atomic E-state index is 12.5. The number of hydrogen-bond donors (Lipinski definition) is 3. The third-order valence-electron chi connectivity index (χ3n) is 5.08. The summed E-state index contributed by atoms with van der Waals surface area (Å²) in [4.78, 5) is 25.5. The lowest BCUT2D eigenvalue weighted by Gasteiger charge is -2.22.